The Morgan fingerprint density at radius 2 is 0.711 bits per heavy atom. The van der Waals surface area contributed by atoms with Crippen LogP contribution >= 0.6 is 0 Å². The number of hydrogen-bond acceptors (Lipinski definition) is 13. The van der Waals surface area contributed by atoms with E-state index in [0.717, 1.165) is 32.1 Å². The van der Waals surface area contributed by atoms with E-state index < -0.39 is 86.8 Å². The fourth-order valence-corrected chi connectivity index (χ4v) is 12.7. The van der Waals surface area contributed by atoms with Crippen molar-refractivity contribution >= 4 is 5.91 Å². The van der Waals surface area contributed by atoms with E-state index in [1.165, 1.54) is 283 Å². The largest absolute Gasteiger partial charge is 0.394 e. The maximum Gasteiger partial charge on any atom is 0.220 e. The molecule has 2 fully saturated rings. The first-order valence-corrected chi connectivity index (χ1v) is 38.2. The first-order chi connectivity index (χ1) is 44.1. The highest BCUT2D eigenvalue weighted by atomic mass is 16.7. The van der Waals surface area contributed by atoms with Crippen molar-refractivity contribution in [2.24, 2.45) is 0 Å². The van der Waals surface area contributed by atoms with Crippen LogP contribution < -0.4 is 5.32 Å². The Morgan fingerprint density at radius 3 is 1.09 bits per heavy atom. The van der Waals surface area contributed by atoms with Crippen LogP contribution in [0.1, 0.15) is 348 Å². The van der Waals surface area contributed by atoms with E-state index in [-0.39, 0.29) is 18.9 Å². The van der Waals surface area contributed by atoms with Crippen molar-refractivity contribution in [3.63, 3.8) is 0 Å². The van der Waals surface area contributed by atoms with Gasteiger partial charge in [-0.05, 0) is 57.8 Å². The molecular formula is C76H143NO13. The molecule has 2 saturated heterocycles. The summed E-state index contributed by atoms with van der Waals surface area (Å²) in [5, 5.41) is 87.3. The lowest BCUT2D eigenvalue weighted by Gasteiger charge is -2.46. The van der Waals surface area contributed by atoms with Crippen molar-refractivity contribution in [2.75, 3.05) is 19.8 Å². The van der Waals surface area contributed by atoms with Gasteiger partial charge in [0, 0.05) is 6.42 Å². The molecule has 14 nitrogen and oxygen atoms in total. The topological polar surface area (TPSA) is 228 Å². The summed E-state index contributed by atoms with van der Waals surface area (Å²) in [7, 11) is 0. The van der Waals surface area contributed by atoms with E-state index in [4.69, 9.17) is 18.9 Å². The lowest BCUT2D eigenvalue weighted by Crippen LogP contribution is -2.65. The molecule has 14 heteroatoms. The average Bonchev–Trinajstić information content (AvgIpc) is 1.58. The highest BCUT2D eigenvalue weighted by Crippen LogP contribution is 2.30. The second-order valence-electron chi connectivity index (χ2n) is 27.1. The molecule has 2 heterocycles. The molecule has 0 saturated carbocycles. The maximum atomic E-state index is 13.3. The molecule has 90 heavy (non-hydrogen) atoms. The molecular weight excluding hydrogens is 1130 g/mol. The Balaban J connectivity index is 1.53. The third kappa shape index (κ3) is 44.0. The molecule has 0 aromatic carbocycles. The van der Waals surface area contributed by atoms with Crippen LogP contribution in [-0.4, -0.2) is 140 Å². The van der Waals surface area contributed by atoms with Crippen molar-refractivity contribution in [1.29, 1.82) is 0 Å². The van der Waals surface area contributed by atoms with Gasteiger partial charge >= 0.3 is 0 Å². The summed E-state index contributed by atoms with van der Waals surface area (Å²) in [6.07, 6.45) is 62.6. The Kier molecular flexibility index (Phi) is 57.0. The van der Waals surface area contributed by atoms with Crippen LogP contribution in [0, 0.1) is 0 Å². The van der Waals surface area contributed by atoms with Gasteiger partial charge in [-0.3, -0.25) is 4.79 Å². The third-order valence-corrected chi connectivity index (χ3v) is 18.8. The molecule has 9 N–H and O–H groups in total. The van der Waals surface area contributed by atoms with E-state index in [1.54, 1.807) is 6.08 Å². The smallest absolute Gasteiger partial charge is 0.220 e. The van der Waals surface area contributed by atoms with Crippen molar-refractivity contribution in [2.45, 2.75) is 421 Å². The van der Waals surface area contributed by atoms with Gasteiger partial charge in [-0.15, -0.1) is 0 Å². The van der Waals surface area contributed by atoms with Gasteiger partial charge in [-0.1, -0.05) is 320 Å². The van der Waals surface area contributed by atoms with Crippen LogP contribution in [0.5, 0.6) is 0 Å². The maximum absolute atomic E-state index is 13.3. The van der Waals surface area contributed by atoms with E-state index in [2.05, 4.69) is 43.5 Å². The number of allylic oxidation sites excluding steroid dienone is 5. The molecule has 0 radical (unpaired) electrons. The second-order valence-corrected chi connectivity index (χ2v) is 27.1. The Labute approximate surface area is 551 Å². The highest BCUT2D eigenvalue weighted by molar-refractivity contribution is 5.76. The van der Waals surface area contributed by atoms with Gasteiger partial charge in [0.25, 0.3) is 0 Å². The Hall–Kier alpha value is -1.79. The van der Waals surface area contributed by atoms with Gasteiger partial charge in [-0.25, -0.2) is 0 Å². The lowest BCUT2D eigenvalue weighted by molar-refractivity contribution is -0.359. The minimum atomic E-state index is -1.79. The summed E-state index contributed by atoms with van der Waals surface area (Å²) in [6.45, 7) is 2.81. The number of amides is 1. The molecule has 0 aromatic heterocycles. The van der Waals surface area contributed by atoms with Crippen molar-refractivity contribution in [1.82, 2.24) is 5.32 Å². The van der Waals surface area contributed by atoms with Crippen molar-refractivity contribution in [3.8, 4) is 0 Å². The number of ether oxygens (including phenoxy) is 4. The van der Waals surface area contributed by atoms with Gasteiger partial charge in [0.05, 0.1) is 32.0 Å². The molecule has 0 aliphatic carbocycles. The molecule has 1 amide bonds. The predicted molar refractivity (Wildman–Crippen MR) is 369 cm³/mol. The van der Waals surface area contributed by atoms with E-state index >= 15 is 0 Å². The normalized spacial score (nSPS) is 23.0. The van der Waals surface area contributed by atoms with Crippen LogP contribution in [0.25, 0.3) is 0 Å². The van der Waals surface area contributed by atoms with Crippen molar-refractivity contribution in [3.05, 3.63) is 36.5 Å². The standard InChI is InChI=1S/C76H143NO13/c1-3-5-7-9-11-13-15-17-19-20-21-22-23-24-25-26-27-28-29-30-31-32-33-34-35-36-37-38-39-40-41-42-43-44-46-48-50-52-54-56-58-60-68(81)77-64(65(80)59-57-55-53-51-49-47-45-18-16-14-12-10-8-6-4-2)63-87-75-73(86)71(84)74(67(62-79)89-75)90-76-72(85)70(83)69(82)66(61-78)88-76/h20-21,49,51,57,59,64-67,69-76,78-80,82-86H,3-19,22-48,50,52-56,58,60-63H2,1-2H3,(H,77,81)/b21-20-,51-49+,59-57+. The first kappa shape index (κ1) is 84.3. The third-order valence-electron chi connectivity index (χ3n) is 18.8. The molecule has 12 unspecified atom stereocenters. The monoisotopic (exact) mass is 1280 g/mol. The van der Waals surface area contributed by atoms with Crippen LogP contribution in [0.15, 0.2) is 36.5 Å². The summed E-state index contributed by atoms with van der Waals surface area (Å²) < 4.78 is 22.8. The van der Waals surface area contributed by atoms with Crippen LogP contribution in [0.3, 0.4) is 0 Å². The highest BCUT2D eigenvalue weighted by Gasteiger charge is 2.51. The molecule has 12 atom stereocenters. The number of unbranched alkanes of at least 4 members (excludes halogenated alkanes) is 47. The Morgan fingerprint density at radius 1 is 0.389 bits per heavy atom. The molecule has 0 bridgehead atoms. The summed E-state index contributed by atoms with van der Waals surface area (Å²) >= 11 is 0. The van der Waals surface area contributed by atoms with Crippen molar-refractivity contribution < 1.29 is 64.6 Å². The summed E-state index contributed by atoms with van der Waals surface area (Å²) in [5.41, 5.74) is 0. The van der Waals surface area contributed by atoms with Crippen LogP contribution in [0.4, 0.5) is 0 Å². The molecule has 0 aromatic rings. The van der Waals surface area contributed by atoms with Gasteiger partial charge in [0.15, 0.2) is 12.6 Å². The van der Waals surface area contributed by atoms with Crippen LogP contribution in [0.2, 0.25) is 0 Å². The lowest BCUT2D eigenvalue weighted by atomic mass is 9.97. The first-order valence-electron chi connectivity index (χ1n) is 38.2. The molecule has 0 spiro atoms. The zero-order valence-corrected chi connectivity index (χ0v) is 57.9. The molecule has 530 valence electrons. The zero-order chi connectivity index (χ0) is 65.2. The molecule has 2 aliphatic rings. The minimum Gasteiger partial charge on any atom is -0.394 e. The number of aliphatic hydroxyl groups is 8. The number of carbonyl (C=O) groups is 1. The number of rotatable bonds is 64. The van der Waals surface area contributed by atoms with Gasteiger partial charge < -0.3 is 65.1 Å². The fraction of sp³-hybridized carbons (Fsp3) is 0.908. The van der Waals surface area contributed by atoms with Gasteiger partial charge in [0.1, 0.15) is 48.8 Å². The van der Waals surface area contributed by atoms with Gasteiger partial charge in [-0.2, -0.15) is 0 Å². The number of nitrogens with one attached hydrogen (secondary N) is 1. The quantitative estimate of drug-likeness (QED) is 0.0204. The number of aliphatic hydroxyl groups excluding tert-OH is 8. The summed E-state index contributed by atoms with van der Waals surface area (Å²) in [5.74, 6) is -0.243. The number of carbonyl (C=O) groups excluding carboxylic acids is 1. The number of hydrogen-bond donors (Lipinski definition) is 9. The SMILES string of the molecule is CCCCCCCCCC/C=C\CCCCCCCCCCCCCCCCCCCCCCCCCCCCCCCC(=O)NC(COC1OC(CO)C(OC2OC(CO)C(O)C(O)C2O)C(O)C1O)C(O)/C=C/CC/C=C/CCCCCCCCCCC. The minimum absolute atomic E-state index is 0.243. The summed E-state index contributed by atoms with van der Waals surface area (Å²) in [6, 6.07) is -0.929. The predicted octanol–water partition coefficient (Wildman–Crippen LogP) is 16.5. The zero-order valence-electron chi connectivity index (χ0n) is 57.9. The van der Waals surface area contributed by atoms with Crippen LogP contribution in [-0.2, 0) is 23.7 Å². The van der Waals surface area contributed by atoms with E-state index in [1.807, 2.05) is 6.08 Å². The molecule has 2 rings (SSSR count). The van der Waals surface area contributed by atoms with Gasteiger partial charge in [0.2, 0.25) is 5.91 Å². The van der Waals surface area contributed by atoms with E-state index in [9.17, 15) is 45.6 Å². The average molecular weight is 1280 g/mol. The fourth-order valence-electron chi connectivity index (χ4n) is 12.7. The summed E-state index contributed by atoms with van der Waals surface area (Å²) in [4.78, 5) is 13.3. The van der Waals surface area contributed by atoms with E-state index in [0.29, 0.717) is 12.8 Å². The Bertz CT molecular complexity index is 1650. The molecule has 2 aliphatic heterocycles. The second kappa shape index (κ2) is 60.8.